The van der Waals surface area contributed by atoms with Gasteiger partial charge in [-0.3, -0.25) is 0 Å². The van der Waals surface area contributed by atoms with Gasteiger partial charge in [-0.05, 0) is 44.5 Å². The van der Waals surface area contributed by atoms with Crippen molar-refractivity contribution in [1.82, 2.24) is 0 Å². The van der Waals surface area contributed by atoms with Crippen LogP contribution in [0.25, 0.3) is 6.08 Å². The van der Waals surface area contributed by atoms with Crippen molar-refractivity contribution in [2.75, 3.05) is 6.61 Å². The quantitative estimate of drug-likeness (QED) is 0.770. The molecule has 0 aliphatic heterocycles. The summed E-state index contributed by atoms with van der Waals surface area (Å²) >= 11 is 6.18. The molecule has 1 rings (SSSR count). The molecule has 104 valence electrons. The molecule has 0 spiro atoms. The van der Waals surface area contributed by atoms with E-state index in [1.165, 1.54) is 6.08 Å². The third-order valence-corrected chi connectivity index (χ3v) is 2.52. The molecule has 0 saturated heterocycles. The smallest absolute Gasteiger partial charge is 0.180 e. The summed E-state index contributed by atoms with van der Waals surface area (Å²) in [6, 6.07) is 6.94. The Kier molecular flexibility index (Phi) is 5.90. The van der Waals surface area contributed by atoms with E-state index in [9.17, 15) is 0 Å². The number of rotatable bonds is 5. The van der Waals surface area contributed by atoms with Gasteiger partial charge in [-0.2, -0.15) is 10.5 Å². The van der Waals surface area contributed by atoms with E-state index in [4.69, 9.17) is 31.6 Å². The summed E-state index contributed by atoms with van der Waals surface area (Å²) in [4.78, 5) is 0. The second-order valence-electron chi connectivity index (χ2n) is 4.21. The number of hydrogen-bond donors (Lipinski definition) is 0. The summed E-state index contributed by atoms with van der Waals surface area (Å²) in [5, 5.41) is 17.9. The number of allylic oxidation sites excluding steroid dienone is 1. The fourth-order valence-corrected chi connectivity index (χ4v) is 1.80. The maximum absolute atomic E-state index is 8.77. The third-order valence-electron chi connectivity index (χ3n) is 2.24. The number of halogens is 1. The summed E-state index contributed by atoms with van der Waals surface area (Å²) in [6.07, 6.45) is 1.41. The molecule has 0 atom stereocenters. The first-order chi connectivity index (χ1) is 9.51. The van der Waals surface area contributed by atoms with Gasteiger partial charge in [0, 0.05) is 0 Å². The minimum Gasteiger partial charge on any atom is -0.490 e. The largest absolute Gasteiger partial charge is 0.490 e. The van der Waals surface area contributed by atoms with Gasteiger partial charge in [0.15, 0.2) is 11.5 Å². The number of nitrogens with zero attached hydrogens (tertiary/aromatic N) is 2. The third kappa shape index (κ3) is 4.19. The normalized spacial score (nSPS) is 9.55. The molecule has 0 fully saturated rings. The lowest BCUT2D eigenvalue weighted by atomic mass is 10.1. The van der Waals surface area contributed by atoms with Gasteiger partial charge in [0.25, 0.3) is 0 Å². The van der Waals surface area contributed by atoms with Crippen LogP contribution in [0.5, 0.6) is 11.5 Å². The van der Waals surface area contributed by atoms with Crippen molar-refractivity contribution in [3.05, 3.63) is 28.3 Å². The molecule has 0 bridgehead atoms. The summed E-state index contributed by atoms with van der Waals surface area (Å²) in [5.41, 5.74) is 0.619. The highest BCUT2D eigenvalue weighted by molar-refractivity contribution is 6.32. The Balaban J connectivity index is 3.30. The van der Waals surface area contributed by atoms with Crippen molar-refractivity contribution in [2.24, 2.45) is 0 Å². The first-order valence-electron chi connectivity index (χ1n) is 6.16. The maximum Gasteiger partial charge on any atom is 0.180 e. The van der Waals surface area contributed by atoms with E-state index >= 15 is 0 Å². The van der Waals surface area contributed by atoms with Crippen LogP contribution in [0.2, 0.25) is 5.02 Å². The highest BCUT2D eigenvalue weighted by Crippen LogP contribution is 2.37. The molecule has 0 saturated carbocycles. The van der Waals surface area contributed by atoms with Gasteiger partial charge < -0.3 is 9.47 Å². The zero-order chi connectivity index (χ0) is 15.1. The van der Waals surface area contributed by atoms with Crippen LogP contribution in [0.3, 0.4) is 0 Å². The number of ether oxygens (including phenoxy) is 2. The SMILES string of the molecule is CCOc1cc(C=C(C#N)C#N)cc(Cl)c1OC(C)C. The molecule has 0 unspecified atom stereocenters. The van der Waals surface area contributed by atoms with Gasteiger partial charge in [0.1, 0.15) is 17.7 Å². The summed E-state index contributed by atoms with van der Waals surface area (Å²) in [6.45, 7) is 6.10. The van der Waals surface area contributed by atoms with Crippen molar-refractivity contribution in [3.8, 4) is 23.6 Å². The van der Waals surface area contributed by atoms with Crippen molar-refractivity contribution in [2.45, 2.75) is 26.9 Å². The van der Waals surface area contributed by atoms with E-state index in [0.29, 0.717) is 28.7 Å². The topological polar surface area (TPSA) is 66.0 Å². The molecule has 0 N–H and O–H groups in total. The molecule has 0 aromatic heterocycles. The zero-order valence-electron chi connectivity index (χ0n) is 11.6. The highest BCUT2D eigenvalue weighted by atomic mass is 35.5. The molecule has 0 aliphatic rings. The Labute approximate surface area is 123 Å². The molecule has 0 heterocycles. The minimum atomic E-state index is -0.0399. The molecule has 0 amide bonds. The van der Waals surface area contributed by atoms with Gasteiger partial charge in [0.05, 0.1) is 17.7 Å². The van der Waals surface area contributed by atoms with Crippen LogP contribution in [0.1, 0.15) is 26.3 Å². The van der Waals surface area contributed by atoms with Gasteiger partial charge >= 0.3 is 0 Å². The number of nitriles is 2. The van der Waals surface area contributed by atoms with Gasteiger partial charge in [-0.15, -0.1) is 0 Å². The van der Waals surface area contributed by atoms with Gasteiger partial charge in [0.2, 0.25) is 0 Å². The van der Waals surface area contributed by atoms with Crippen molar-refractivity contribution >= 4 is 17.7 Å². The summed E-state index contributed by atoms with van der Waals surface area (Å²) in [5.74, 6) is 0.964. The molecule has 1 aromatic carbocycles. The highest BCUT2D eigenvalue weighted by Gasteiger charge is 2.13. The van der Waals surface area contributed by atoms with Crippen LogP contribution < -0.4 is 9.47 Å². The fourth-order valence-electron chi connectivity index (χ4n) is 1.54. The maximum atomic E-state index is 8.77. The molecule has 20 heavy (non-hydrogen) atoms. The summed E-state index contributed by atoms with van der Waals surface area (Å²) < 4.78 is 11.1. The van der Waals surface area contributed by atoms with E-state index in [1.54, 1.807) is 24.3 Å². The lowest BCUT2D eigenvalue weighted by molar-refractivity contribution is 0.224. The fraction of sp³-hybridized carbons (Fsp3) is 0.333. The first-order valence-corrected chi connectivity index (χ1v) is 6.54. The first kappa shape index (κ1) is 15.9. The van der Waals surface area contributed by atoms with E-state index in [-0.39, 0.29) is 11.7 Å². The molecule has 0 aliphatic carbocycles. The average molecular weight is 291 g/mol. The van der Waals surface area contributed by atoms with E-state index in [0.717, 1.165) is 0 Å². The van der Waals surface area contributed by atoms with Crippen LogP contribution in [0.4, 0.5) is 0 Å². The van der Waals surface area contributed by atoms with E-state index in [1.807, 2.05) is 20.8 Å². The Morgan fingerprint density at radius 3 is 2.50 bits per heavy atom. The summed E-state index contributed by atoms with van der Waals surface area (Å²) in [7, 11) is 0. The Morgan fingerprint density at radius 1 is 1.35 bits per heavy atom. The van der Waals surface area contributed by atoms with Crippen LogP contribution >= 0.6 is 11.6 Å². The lowest BCUT2D eigenvalue weighted by Crippen LogP contribution is -2.08. The standard InChI is InChI=1S/C15H15ClN2O2/c1-4-19-14-7-11(5-12(8-17)9-18)6-13(16)15(14)20-10(2)3/h5-7,10H,4H2,1-3H3. The number of hydrogen-bond acceptors (Lipinski definition) is 4. The molecule has 5 heteroatoms. The van der Waals surface area contributed by atoms with Crippen LogP contribution in [0.15, 0.2) is 17.7 Å². The van der Waals surface area contributed by atoms with Crippen molar-refractivity contribution in [1.29, 1.82) is 10.5 Å². The predicted octanol–water partition coefficient (Wildman–Crippen LogP) is 3.96. The average Bonchev–Trinajstić information content (AvgIpc) is 2.40. The van der Waals surface area contributed by atoms with Gasteiger partial charge in [-0.25, -0.2) is 0 Å². The van der Waals surface area contributed by atoms with Crippen molar-refractivity contribution < 1.29 is 9.47 Å². The molecular weight excluding hydrogens is 276 g/mol. The van der Waals surface area contributed by atoms with E-state index < -0.39 is 0 Å². The zero-order valence-corrected chi connectivity index (χ0v) is 12.4. The van der Waals surface area contributed by atoms with E-state index in [2.05, 4.69) is 0 Å². The Morgan fingerprint density at radius 2 is 2.00 bits per heavy atom. The predicted molar refractivity (Wildman–Crippen MR) is 77.6 cm³/mol. The second kappa shape index (κ2) is 7.43. The molecular formula is C15H15ClN2O2. The lowest BCUT2D eigenvalue weighted by Gasteiger charge is -2.16. The van der Waals surface area contributed by atoms with Crippen LogP contribution in [-0.4, -0.2) is 12.7 Å². The van der Waals surface area contributed by atoms with Crippen LogP contribution in [-0.2, 0) is 0 Å². The molecule has 4 nitrogen and oxygen atoms in total. The van der Waals surface area contributed by atoms with Crippen molar-refractivity contribution in [3.63, 3.8) is 0 Å². The van der Waals surface area contributed by atoms with Crippen LogP contribution in [0, 0.1) is 22.7 Å². The molecule has 1 aromatic rings. The number of benzene rings is 1. The van der Waals surface area contributed by atoms with Gasteiger partial charge in [-0.1, -0.05) is 11.6 Å². The Hall–Kier alpha value is -2.17. The molecule has 0 radical (unpaired) electrons. The minimum absolute atomic E-state index is 0.000966. The monoisotopic (exact) mass is 290 g/mol. The second-order valence-corrected chi connectivity index (χ2v) is 4.62. The Bertz CT molecular complexity index is 579.